The standard InChI is InChI=1S/C13H23NOS/c1-11(2)13(12-7-6-10-16-12)14-8-4-5-9-15-3/h6-7,10-11,13-14H,4-5,8-9H2,1-3H3. The van der Waals surface area contributed by atoms with Crippen LogP contribution in [0.3, 0.4) is 0 Å². The molecule has 0 aliphatic rings. The Morgan fingerprint density at radius 2 is 2.19 bits per heavy atom. The van der Waals surface area contributed by atoms with Gasteiger partial charge in [-0.3, -0.25) is 0 Å². The third-order valence-electron chi connectivity index (χ3n) is 2.66. The average molecular weight is 241 g/mol. The van der Waals surface area contributed by atoms with Gasteiger partial charge in [0.2, 0.25) is 0 Å². The number of rotatable bonds is 8. The van der Waals surface area contributed by atoms with Crippen molar-refractivity contribution >= 4 is 11.3 Å². The molecule has 16 heavy (non-hydrogen) atoms. The topological polar surface area (TPSA) is 21.3 Å². The van der Waals surface area contributed by atoms with E-state index in [4.69, 9.17) is 4.74 Å². The van der Waals surface area contributed by atoms with Crippen LogP contribution in [0.5, 0.6) is 0 Å². The van der Waals surface area contributed by atoms with Gasteiger partial charge in [-0.25, -0.2) is 0 Å². The van der Waals surface area contributed by atoms with Gasteiger partial charge < -0.3 is 10.1 Å². The van der Waals surface area contributed by atoms with Crippen LogP contribution in [0.15, 0.2) is 17.5 Å². The largest absolute Gasteiger partial charge is 0.385 e. The molecule has 1 aromatic rings. The molecule has 2 nitrogen and oxygen atoms in total. The molecule has 92 valence electrons. The number of nitrogens with one attached hydrogen (secondary N) is 1. The second-order valence-electron chi connectivity index (χ2n) is 4.39. The lowest BCUT2D eigenvalue weighted by molar-refractivity contribution is 0.192. The Hall–Kier alpha value is -0.380. The summed E-state index contributed by atoms with van der Waals surface area (Å²) in [6.45, 7) is 6.48. The summed E-state index contributed by atoms with van der Waals surface area (Å²) >= 11 is 1.84. The van der Waals surface area contributed by atoms with Crippen molar-refractivity contribution < 1.29 is 4.74 Å². The highest BCUT2D eigenvalue weighted by Crippen LogP contribution is 2.25. The highest BCUT2D eigenvalue weighted by Gasteiger charge is 2.15. The molecule has 1 N–H and O–H groups in total. The molecule has 0 saturated heterocycles. The molecule has 0 amide bonds. The molecule has 0 saturated carbocycles. The predicted molar refractivity (Wildman–Crippen MR) is 71.0 cm³/mol. The van der Waals surface area contributed by atoms with Crippen LogP contribution in [0.2, 0.25) is 0 Å². The van der Waals surface area contributed by atoms with Crippen LogP contribution in [-0.4, -0.2) is 20.3 Å². The Labute approximate surface area is 103 Å². The summed E-state index contributed by atoms with van der Waals surface area (Å²) in [6, 6.07) is 4.85. The van der Waals surface area contributed by atoms with E-state index in [1.54, 1.807) is 7.11 Å². The molecule has 0 aromatic carbocycles. The van der Waals surface area contributed by atoms with E-state index >= 15 is 0 Å². The van der Waals surface area contributed by atoms with Crippen LogP contribution in [0.25, 0.3) is 0 Å². The summed E-state index contributed by atoms with van der Waals surface area (Å²) in [5.74, 6) is 0.640. The first-order valence-corrected chi connectivity index (χ1v) is 6.89. The summed E-state index contributed by atoms with van der Waals surface area (Å²) in [5.41, 5.74) is 0. The van der Waals surface area contributed by atoms with Crippen LogP contribution >= 0.6 is 11.3 Å². The highest BCUT2D eigenvalue weighted by atomic mass is 32.1. The van der Waals surface area contributed by atoms with E-state index in [0.717, 1.165) is 19.6 Å². The second-order valence-corrected chi connectivity index (χ2v) is 5.37. The number of hydrogen-bond acceptors (Lipinski definition) is 3. The number of thiophene rings is 1. The third kappa shape index (κ3) is 4.64. The fourth-order valence-electron chi connectivity index (χ4n) is 1.76. The van der Waals surface area contributed by atoms with Gasteiger partial charge in [0, 0.05) is 24.6 Å². The van der Waals surface area contributed by atoms with Gasteiger partial charge in [-0.15, -0.1) is 11.3 Å². The smallest absolute Gasteiger partial charge is 0.0462 e. The van der Waals surface area contributed by atoms with Crippen molar-refractivity contribution in [3.63, 3.8) is 0 Å². The number of unbranched alkanes of at least 4 members (excludes halogenated alkanes) is 1. The minimum Gasteiger partial charge on any atom is -0.385 e. The van der Waals surface area contributed by atoms with Crippen LogP contribution in [-0.2, 0) is 4.74 Å². The van der Waals surface area contributed by atoms with Crippen molar-refractivity contribution in [3.8, 4) is 0 Å². The van der Waals surface area contributed by atoms with Crippen LogP contribution in [0.1, 0.15) is 37.6 Å². The molecule has 0 aliphatic carbocycles. The fourth-order valence-corrected chi connectivity index (χ4v) is 2.74. The normalized spacial score (nSPS) is 13.2. The molecule has 0 spiro atoms. The SMILES string of the molecule is COCCCCNC(c1cccs1)C(C)C. The van der Waals surface area contributed by atoms with Crippen molar-refractivity contribution in [2.45, 2.75) is 32.7 Å². The number of methoxy groups -OCH3 is 1. The molecule has 1 atom stereocenters. The minimum atomic E-state index is 0.502. The number of ether oxygens (including phenoxy) is 1. The van der Waals surface area contributed by atoms with E-state index in [-0.39, 0.29) is 0 Å². The van der Waals surface area contributed by atoms with Gasteiger partial charge in [0.05, 0.1) is 0 Å². The Balaban J connectivity index is 2.30. The summed E-state index contributed by atoms with van der Waals surface area (Å²) < 4.78 is 5.04. The van der Waals surface area contributed by atoms with Crippen LogP contribution in [0, 0.1) is 5.92 Å². The molecule has 0 radical (unpaired) electrons. The molecular weight excluding hydrogens is 218 g/mol. The second kappa shape index (κ2) is 7.82. The molecule has 1 rings (SSSR count). The first-order valence-electron chi connectivity index (χ1n) is 6.01. The summed E-state index contributed by atoms with van der Waals surface area (Å²) in [4.78, 5) is 1.45. The Morgan fingerprint density at radius 3 is 2.75 bits per heavy atom. The van der Waals surface area contributed by atoms with Crippen molar-refractivity contribution in [2.24, 2.45) is 5.92 Å². The number of hydrogen-bond donors (Lipinski definition) is 1. The first kappa shape index (κ1) is 13.7. The lowest BCUT2D eigenvalue weighted by Gasteiger charge is -2.21. The van der Waals surface area contributed by atoms with E-state index in [2.05, 4.69) is 36.7 Å². The maximum Gasteiger partial charge on any atom is 0.0462 e. The molecule has 1 unspecified atom stereocenters. The molecule has 0 bridgehead atoms. The Morgan fingerprint density at radius 1 is 1.38 bits per heavy atom. The fraction of sp³-hybridized carbons (Fsp3) is 0.692. The molecule has 0 fully saturated rings. The van der Waals surface area contributed by atoms with Crippen molar-refractivity contribution in [3.05, 3.63) is 22.4 Å². The van der Waals surface area contributed by atoms with E-state index in [1.807, 2.05) is 11.3 Å². The minimum absolute atomic E-state index is 0.502. The lowest BCUT2D eigenvalue weighted by atomic mass is 10.0. The van der Waals surface area contributed by atoms with Crippen molar-refractivity contribution in [2.75, 3.05) is 20.3 Å². The quantitative estimate of drug-likeness (QED) is 0.704. The zero-order valence-corrected chi connectivity index (χ0v) is 11.3. The van der Waals surface area contributed by atoms with Gasteiger partial charge in [-0.05, 0) is 36.8 Å². The van der Waals surface area contributed by atoms with E-state index in [0.29, 0.717) is 12.0 Å². The van der Waals surface area contributed by atoms with Gasteiger partial charge >= 0.3 is 0 Å². The van der Waals surface area contributed by atoms with E-state index in [1.165, 1.54) is 11.3 Å². The van der Waals surface area contributed by atoms with Gasteiger partial charge in [-0.1, -0.05) is 19.9 Å². The molecule has 1 heterocycles. The van der Waals surface area contributed by atoms with E-state index in [9.17, 15) is 0 Å². The summed E-state index contributed by atoms with van der Waals surface area (Å²) in [7, 11) is 1.76. The zero-order chi connectivity index (χ0) is 11.8. The molecule has 3 heteroatoms. The van der Waals surface area contributed by atoms with Crippen molar-refractivity contribution in [1.82, 2.24) is 5.32 Å². The maximum atomic E-state index is 5.04. The molecule has 0 aliphatic heterocycles. The molecule has 1 aromatic heterocycles. The Kier molecular flexibility index (Phi) is 6.69. The molecular formula is C13H23NOS. The van der Waals surface area contributed by atoms with Gasteiger partial charge in [0.1, 0.15) is 0 Å². The predicted octanol–water partition coefficient (Wildman–Crippen LogP) is 3.46. The Bertz CT molecular complexity index is 259. The monoisotopic (exact) mass is 241 g/mol. The lowest BCUT2D eigenvalue weighted by Crippen LogP contribution is -2.26. The highest BCUT2D eigenvalue weighted by molar-refractivity contribution is 7.10. The summed E-state index contributed by atoms with van der Waals surface area (Å²) in [5, 5.41) is 5.79. The third-order valence-corrected chi connectivity index (χ3v) is 3.61. The summed E-state index contributed by atoms with van der Waals surface area (Å²) in [6.07, 6.45) is 2.32. The van der Waals surface area contributed by atoms with Crippen LogP contribution in [0.4, 0.5) is 0 Å². The van der Waals surface area contributed by atoms with Gasteiger partial charge in [-0.2, -0.15) is 0 Å². The average Bonchev–Trinajstić information content (AvgIpc) is 2.76. The van der Waals surface area contributed by atoms with Crippen LogP contribution < -0.4 is 5.32 Å². The van der Waals surface area contributed by atoms with E-state index < -0.39 is 0 Å². The maximum absolute atomic E-state index is 5.04. The van der Waals surface area contributed by atoms with Gasteiger partial charge in [0.15, 0.2) is 0 Å². The van der Waals surface area contributed by atoms with Gasteiger partial charge in [0.25, 0.3) is 0 Å². The van der Waals surface area contributed by atoms with Crippen molar-refractivity contribution in [1.29, 1.82) is 0 Å². The first-order chi connectivity index (χ1) is 7.75. The zero-order valence-electron chi connectivity index (χ0n) is 10.5.